The van der Waals surface area contributed by atoms with Crippen molar-refractivity contribution in [2.75, 3.05) is 18.5 Å². The Balaban J connectivity index is 1.96. The van der Waals surface area contributed by atoms with Crippen LogP contribution in [0.4, 0.5) is 5.69 Å². The van der Waals surface area contributed by atoms with Crippen molar-refractivity contribution in [3.8, 4) is 0 Å². The molecule has 0 saturated carbocycles. The van der Waals surface area contributed by atoms with Gasteiger partial charge in [-0.3, -0.25) is 15.2 Å². The molecule has 2 aliphatic heterocycles. The van der Waals surface area contributed by atoms with Crippen LogP contribution in [0.25, 0.3) is 0 Å². The third-order valence-corrected chi connectivity index (χ3v) is 3.29. The van der Waals surface area contributed by atoms with Crippen molar-refractivity contribution in [2.24, 2.45) is 10.1 Å². The third-order valence-electron chi connectivity index (χ3n) is 3.29. The fourth-order valence-corrected chi connectivity index (χ4v) is 2.27. The first kappa shape index (κ1) is 11.0. The lowest BCUT2D eigenvalue weighted by Crippen LogP contribution is -2.31. The number of amides is 1. The number of anilines is 1. The molecule has 0 atom stereocenters. The minimum atomic E-state index is 0.174. The van der Waals surface area contributed by atoms with E-state index in [0.717, 1.165) is 23.5 Å². The molecule has 1 aromatic carbocycles. The average Bonchev–Trinajstić information content (AvgIpc) is 2.44. The number of aliphatic imine (C=N–C) groups is 1. The Hall–Kier alpha value is -2.17. The van der Waals surface area contributed by atoms with Gasteiger partial charge >= 0.3 is 0 Å². The van der Waals surface area contributed by atoms with E-state index < -0.39 is 0 Å². The first-order chi connectivity index (χ1) is 8.75. The number of hydrazone groups is 1. The molecule has 0 aromatic heterocycles. The fourth-order valence-electron chi connectivity index (χ4n) is 2.27. The molecular formula is C13H14N4O. The molecule has 2 heterocycles. The Morgan fingerprint density at radius 1 is 1.33 bits per heavy atom. The van der Waals surface area contributed by atoms with Gasteiger partial charge in [-0.15, -0.1) is 0 Å². The summed E-state index contributed by atoms with van der Waals surface area (Å²) in [5.74, 6) is 0.966. The molecule has 2 aliphatic rings. The van der Waals surface area contributed by atoms with Crippen LogP contribution in [0.3, 0.4) is 0 Å². The van der Waals surface area contributed by atoms with Crippen LogP contribution in [0, 0.1) is 0 Å². The highest BCUT2D eigenvalue weighted by Gasteiger charge is 2.21. The van der Waals surface area contributed by atoms with Gasteiger partial charge in [-0.1, -0.05) is 0 Å². The number of hydrogen-bond donors (Lipinski definition) is 1. The number of nitrogens with one attached hydrogen (secondary N) is 1. The molecule has 0 fully saturated rings. The molecule has 1 amide bonds. The van der Waals surface area contributed by atoms with Crippen LogP contribution in [0.15, 0.2) is 28.3 Å². The van der Waals surface area contributed by atoms with Crippen molar-refractivity contribution >= 4 is 23.6 Å². The quantitative estimate of drug-likeness (QED) is 0.796. The number of aryl methyl sites for hydroxylation is 1. The van der Waals surface area contributed by atoms with Gasteiger partial charge in [-0.05, 0) is 30.2 Å². The standard InChI is InChI=1S/C13H14N4O/c1-17-11-4-2-10(13-14-6-7-15-16-13)8-9(11)3-5-12(17)18/h2,4,7-8H,3,5-6H2,1H3,(H,14,16). The van der Waals surface area contributed by atoms with Gasteiger partial charge in [0.1, 0.15) is 5.84 Å². The highest BCUT2D eigenvalue weighted by molar-refractivity contribution is 6.02. The first-order valence-corrected chi connectivity index (χ1v) is 5.97. The number of hydrogen-bond acceptors (Lipinski definition) is 4. The molecule has 0 saturated heterocycles. The molecule has 0 spiro atoms. The number of fused-ring (bicyclic) bond motifs is 1. The second-order valence-electron chi connectivity index (χ2n) is 4.41. The molecule has 18 heavy (non-hydrogen) atoms. The van der Waals surface area contributed by atoms with E-state index in [2.05, 4.69) is 21.6 Å². The first-order valence-electron chi connectivity index (χ1n) is 5.97. The van der Waals surface area contributed by atoms with E-state index >= 15 is 0 Å². The minimum absolute atomic E-state index is 0.174. The van der Waals surface area contributed by atoms with Gasteiger partial charge in [0.2, 0.25) is 5.91 Å². The molecule has 0 unspecified atom stereocenters. The Bertz CT molecular complexity index is 562. The molecule has 1 N–H and O–H groups in total. The summed E-state index contributed by atoms with van der Waals surface area (Å²) in [7, 11) is 1.82. The van der Waals surface area contributed by atoms with Gasteiger partial charge in [0, 0.05) is 30.9 Å². The smallest absolute Gasteiger partial charge is 0.227 e. The van der Waals surface area contributed by atoms with Gasteiger partial charge < -0.3 is 4.90 Å². The number of carbonyl (C=O) groups excluding carboxylic acids is 1. The third kappa shape index (κ3) is 1.77. The Morgan fingerprint density at radius 3 is 3.00 bits per heavy atom. The summed E-state index contributed by atoms with van der Waals surface area (Å²) in [6.07, 6.45) is 3.10. The van der Waals surface area contributed by atoms with Crippen molar-refractivity contribution < 1.29 is 4.79 Å². The molecule has 1 aromatic rings. The van der Waals surface area contributed by atoms with Gasteiger partial charge in [0.25, 0.3) is 0 Å². The van der Waals surface area contributed by atoms with Crippen LogP contribution in [0.2, 0.25) is 0 Å². The summed E-state index contributed by atoms with van der Waals surface area (Å²) in [5, 5.41) is 4.00. The number of nitrogens with zero attached hydrogens (tertiary/aromatic N) is 3. The molecule has 0 aliphatic carbocycles. The van der Waals surface area contributed by atoms with E-state index in [1.54, 1.807) is 11.1 Å². The normalized spacial score (nSPS) is 18.2. The predicted molar refractivity (Wildman–Crippen MR) is 71.2 cm³/mol. The van der Waals surface area contributed by atoms with E-state index in [9.17, 15) is 4.79 Å². The lowest BCUT2D eigenvalue weighted by molar-refractivity contribution is -0.118. The Labute approximate surface area is 105 Å². The summed E-state index contributed by atoms with van der Waals surface area (Å²) in [5.41, 5.74) is 6.11. The maximum atomic E-state index is 11.6. The van der Waals surface area contributed by atoms with E-state index in [0.29, 0.717) is 13.0 Å². The second kappa shape index (κ2) is 4.25. The van der Waals surface area contributed by atoms with Crippen molar-refractivity contribution in [3.63, 3.8) is 0 Å². The summed E-state index contributed by atoms with van der Waals surface area (Å²) < 4.78 is 0. The predicted octanol–water partition coefficient (Wildman–Crippen LogP) is 0.931. The van der Waals surface area contributed by atoms with Crippen molar-refractivity contribution in [3.05, 3.63) is 29.3 Å². The zero-order valence-corrected chi connectivity index (χ0v) is 10.2. The zero-order chi connectivity index (χ0) is 12.5. The van der Waals surface area contributed by atoms with Crippen molar-refractivity contribution in [1.29, 1.82) is 0 Å². The van der Waals surface area contributed by atoms with Gasteiger partial charge in [-0.2, -0.15) is 5.10 Å². The molecular weight excluding hydrogens is 228 g/mol. The van der Waals surface area contributed by atoms with Gasteiger partial charge in [-0.25, -0.2) is 0 Å². The number of amidine groups is 1. The number of carbonyl (C=O) groups is 1. The van der Waals surface area contributed by atoms with Gasteiger partial charge in [0.15, 0.2) is 0 Å². The maximum absolute atomic E-state index is 11.6. The van der Waals surface area contributed by atoms with E-state index in [-0.39, 0.29) is 5.91 Å². The lowest BCUT2D eigenvalue weighted by Gasteiger charge is -2.26. The lowest BCUT2D eigenvalue weighted by atomic mass is 9.99. The monoisotopic (exact) mass is 242 g/mol. The fraction of sp³-hybridized carbons (Fsp3) is 0.308. The molecule has 5 heteroatoms. The SMILES string of the molecule is CN1C(=O)CCc2cc(C3=NCC=NN3)ccc21. The molecule has 0 bridgehead atoms. The molecule has 0 radical (unpaired) electrons. The summed E-state index contributed by atoms with van der Waals surface area (Å²) in [6.45, 7) is 0.609. The van der Waals surface area contributed by atoms with Crippen LogP contribution >= 0.6 is 0 Å². The molecule has 92 valence electrons. The maximum Gasteiger partial charge on any atom is 0.227 e. The number of rotatable bonds is 1. The van der Waals surface area contributed by atoms with Crippen molar-refractivity contribution in [1.82, 2.24) is 5.43 Å². The number of benzene rings is 1. The summed E-state index contributed by atoms with van der Waals surface area (Å²) in [4.78, 5) is 17.7. The Kier molecular flexibility index (Phi) is 2.59. The van der Waals surface area contributed by atoms with Crippen LogP contribution < -0.4 is 10.3 Å². The van der Waals surface area contributed by atoms with Gasteiger partial charge in [0.05, 0.1) is 6.54 Å². The Morgan fingerprint density at radius 2 is 2.22 bits per heavy atom. The second-order valence-corrected chi connectivity index (χ2v) is 4.41. The van der Waals surface area contributed by atoms with E-state index in [4.69, 9.17) is 0 Å². The van der Waals surface area contributed by atoms with E-state index in [1.807, 2.05) is 19.2 Å². The molecule has 3 rings (SSSR count). The molecule has 5 nitrogen and oxygen atoms in total. The van der Waals surface area contributed by atoms with E-state index in [1.165, 1.54) is 5.56 Å². The average molecular weight is 242 g/mol. The minimum Gasteiger partial charge on any atom is -0.315 e. The summed E-state index contributed by atoms with van der Waals surface area (Å²) in [6, 6.07) is 6.04. The van der Waals surface area contributed by atoms with Crippen LogP contribution in [-0.4, -0.2) is 31.5 Å². The highest BCUT2D eigenvalue weighted by atomic mass is 16.2. The van der Waals surface area contributed by atoms with Crippen molar-refractivity contribution in [2.45, 2.75) is 12.8 Å². The largest absolute Gasteiger partial charge is 0.315 e. The van der Waals surface area contributed by atoms with Crippen LogP contribution in [0.5, 0.6) is 0 Å². The zero-order valence-electron chi connectivity index (χ0n) is 10.2. The topological polar surface area (TPSA) is 57.1 Å². The highest BCUT2D eigenvalue weighted by Crippen LogP contribution is 2.27. The van der Waals surface area contributed by atoms with Crippen LogP contribution in [-0.2, 0) is 11.2 Å². The van der Waals surface area contributed by atoms with Crippen LogP contribution in [0.1, 0.15) is 17.5 Å². The summed E-state index contributed by atoms with van der Waals surface area (Å²) >= 11 is 0.